The number of hydrogen-bond acceptors (Lipinski definition) is 5. The Morgan fingerprint density at radius 1 is 1.46 bits per heavy atom. The van der Waals surface area contributed by atoms with Crippen LogP contribution in [-0.2, 0) is 22.4 Å². The SMILES string of the molecule is COC(=O)c1nc(-c2ccc(OC(F)F)c(Cl)c2)n2c1CCOC(C)C2. The highest BCUT2D eigenvalue weighted by atomic mass is 35.5. The molecule has 1 aromatic heterocycles. The standard InChI is InChI=1S/C17H17ClF2N2O4/c1-9-8-22-12(5-6-25-9)14(16(23)24-2)21-15(22)10-3-4-13(11(18)7-10)26-17(19)20/h3-4,7,9,17H,5-6,8H2,1-2H3. The van der Waals surface area contributed by atoms with E-state index in [0.717, 1.165) is 0 Å². The third-order valence-electron chi connectivity index (χ3n) is 4.04. The normalized spacial score (nSPS) is 16.9. The molecule has 6 nitrogen and oxygen atoms in total. The number of fused-ring (bicyclic) bond motifs is 1. The minimum absolute atomic E-state index is 0.0256. The van der Waals surface area contributed by atoms with E-state index in [1.54, 1.807) is 6.07 Å². The lowest BCUT2D eigenvalue weighted by atomic mass is 10.2. The molecule has 0 fully saturated rings. The van der Waals surface area contributed by atoms with Crippen molar-refractivity contribution in [2.45, 2.75) is 32.6 Å². The Labute approximate surface area is 153 Å². The maximum atomic E-state index is 12.4. The number of imidazole rings is 1. The Morgan fingerprint density at radius 2 is 2.23 bits per heavy atom. The van der Waals surface area contributed by atoms with Crippen LogP contribution in [0, 0.1) is 0 Å². The van der Waals surface area contributed by atoms with Gasteiger partial charge in [0.15, 0.2) is 5.69 Å². The first-order valence-electron chi connectivity index (χ1n) is 7.94. The molecule has 0 amide bonds. The Kier molecular flexibility index (Phi) is 5.43. The maximum Gasteiger partial charge on any atom is 0.387 e. The summed E-state index contributed by atoms with van der Waals surface area (Å²) in [5.41, 5.74) is 1.49. The number of methoxy groups -OCH3 is 1. The van der Waals surface area contributed by atoms with E-state index < -0.39 is 12.6 Å². The minimum Gasteiger partial charge on any atom is -0.464 e. The summed E-state index contributed by atoms with van der Waals surface area (Å²) in [7, 11) is 1.29. The van der Waals surface area contributed by atoms with E-state index >= 15 is 0 Å². The topological polar surface area (TPSA) is 62.6 Å². The van der Waals surface area contributed by atoms with Crippen molar-refractivity contribution in [3.8, 4) is 17.1 Å². The molecule has 0 bridgehead atoms. The van der Waals surface area contributed by atoms with E-state index in [1.807, 2.05) is 11.5 Å². The third-order valence-corrected chi connectivity index (χ3v) is 4.33. The van der Waals surface area contributed by atoms with Gasteiger partial charge in [-0.05, 0) is 25.1 Å². The van der Waals surface area contributed by atoms with Crippen molar-refractivity contribution in [1.82, 2.24) is 9.55 Å². The molecule has 1 aliphatic heterocycles. The van der Waals surface area contributed by atoms with Crippen molar-refractivity contribution < 1.29 is 27.8 Å². The van der Waals surface area contributed by atoms with Crippen molar-refractivity contribution in [2.24, 2.45) is 0 Å². The summed E-state index contributed by atoms with van der Waals surface area (Å²) in [6.45, 7) is -0.103. The molecule has 9 heteroatoms. The van der Waals surface area contributed by atoms with Crippen molar-refractivity contribution >= 4 is 17.6 Å². The number of ether oxygens (including phenoxy) is 3. The molecule has 0 saturated heterocycles. The second-order valence-corrected chi connectivity index (χ2v) is 6.20. The van der Waals surface area contributed by atoms with E-state index in [4.69, 9.17) is 21.1 Å². The molecular weight excluding hydrogens is 370 g/mol. The summed E-state index contributed by atoms with van der Waals surface area (Å²) < 4.78 is 41.5. The van der Waals surface area contributed by atoms with Crippen molar-refractivity contribution in [3.05, 3.63) is 34.6 Å². The van der Waals surface area contributed by atoms with E-state index in [0.29, 0.717) is 36.7 Å². The molecule has 26 heavy (non-hydrogen) atoms. The highest BCUT2D eigenvalue weighted by molar-refractivity contribution is 6.32. The van der Waals surface area contributed by atoms with Crippen molar-refractivity contribution in [2.75, 3.05) is 13.7 Å². The van der Waals surface area contributed by atoms with Gasteiger partial charge in [-0.25, -0.2) is 9.78 Å². The first-order valence-corrected chi connectivity index (χ1v) is 8.32. The fourth-order valence-electron chi connectivity index (χ4n) is 2.92. The first-order chi connectivity index (χ1) is 12.4. The predicted molar refractivity (Wildman–Crippen MR) is 89.8 cm³/mol. The summed E-state index contributed by atoms with van der Waals surface area (Å²) >= 11 is 6.05. The first kappa shape index (κ1) is 18.6. The highest BCUT2D eigenvalue weighted by Crippen LogP contribution is 2.33. The predicted octanol–water partition coefficient (Wildman–Crippen LogP) is 3.55. The van der Waals surface area contributed by atoms with Gasteiger partial charge in [0.1, 0.15) is 11.6 Å². The van der Waals surface area contributed by atoms with Crippen LogP contribution in [-0.4, -0.2) is 42.0 Å². The zero-order valence-electron chi connectivity index (χ0n) is 14.2. The Balaban J connectivity index is 2.08. The van der Waals surface area contributed by atoms with Gasteiger partial charge in [0, 0.05) is 12.0 Å². The van der Waals surface area contributed by atoms with E-state index in [-0.39, 0.29) is 22.6 Å². The van der Waals surface area contributed by atoms with Gasteiger partial charge < -0.3 is 18.8 Å². The third kappa shape index (κ3) is 3.66. The van der Waals surface area contributed by atoms with Crippen LogP contribution in [0.4, 0.5) is 8.78 Å². The number of carbonyl (C=O) groups excluding carboxylic acids is 1. The second kappa shape index (κ2) is 7.59. The lowest BCUT2D eigenvalue weighted by molar-refractivity contribution is -0.0497. The molecule has 1 unspecified atom stereocenters. The number of nitrogens with zero attached hydrogens (tertiary/aromatic N) is 2. The Bertz CT molecular complexity index is 825. The van der Waals surface area contributed by atoms with Gasteiger partial charge in [0.2, 0.25) is 0 Å². The second-order valence-electron chi connectivity index (χ2n) is 5.79. The minimum atomic E-state index is -2.97. The summed E-state index contributed by atoms with van der Waals surface area (Å²) in [6.07, 6.45) is 0.425. The zero-order valence-corrected chi connectivity index (χ0v) is 14.9. The van der Waals surface area contributed by atoms with Gasteiger partial charge in [0.05, 0.1) is 37.1 Å². The summed E-state index contributed by atoms with van der Waals surface area (Å²) in [5.74, 6) is -0.181. The maximum absolute atomic E-state index is 12.4. The summed E-state index contributed by atoms with van der Waals surface area (Å²) in [5, 5.41) is 0.0256. The van der Waals surface area contributed by atoms with Crippen LogP contribution in [0.3, 0.4) is 0 Å². The molecule has 0 aliphatic carbocycles. The van der Waals surface area contributed by atoms with Gasteiger partial charge in [0.25, 0.3) is 0 Å². The van der Waals surface area contributed by atoms with Crippen LogP contribution < -0.4 is 4.74 Å². The molecule has 3 rings (SSSR count). The van der Waals surface area contributed by atoms with Gasteiger partial charge in [-0.2, -0.15) is 8.78 Å². The number of hydrogen-bond donors (Lipinski definition) is 0. The van der Waals surface area contributed by atoms with Gasteiger partial charge in [-0.1, -0.05) is 11.6 Å². The lowest BCUT2D eigenvalue weighted by Crippen LogP contribution is -2.15. The van der Waals surface area contributed by atoms with Crippen LogP contribution in [0.1, 0.15) is 23.1 Å². The summed E-state index contributed by atoms with van der Waals surface area (Å²) in [4.78, 5) is 16.5. The van der Waals surface area contributed by atoms with Crippen LogP contribution in [0.2, 0.25) is 5.02 Å². The van der Waals surface area contributed by atoms with Crippen LogP contribution in [0.5, 0.6) is 5.75 Å². The Hall–Kier alpha value is -2.19. The number of alkyl halides is 2. The number of carbonyl (C=O) groups is 1. The molecule has 0 saturated carbocycles. The molecule has 1 aromatic carbocycles. The molecular formula is C17H17ClF2N2O4. The zero-order chi connectivity index (χ0) is 18.8. The highest BCUT2D eigenvalue weighted by Gasteiger charge is 2.27. The number of aromatic nitrogens is 2. The molecule has 2 aromatic rings. The number of benzene rings is 1. The molecule has 2 heterocycles. The smallest absolute Gasteiger partial charge is 0.387 e. The molecule has 1 aliphatic rings. The summed E-state index contributed by atoms with van der Waals surface area (Å²) in [6, 6.07) is 4.39. The quantitative estimate of drug-likeness (QED) is 0.752. The van der Waals surface area contributed by atoms with Gasteiger partial charge >= 0.3 is 12.6 Å². The molecule has 1 atom stereocenters. The van der Waals surface area contributed by atoms with Crippen LogP contribution in [0.25, 0.3) is 11.4 Å². The monoisotopic (exact) mass is 386 g/mol. The largest absolute Gasteiger partial charge is 0.464 e. The van der Waals surface area contributed by atoms with E-state index in [1.165, 1.54) is 19.2 Å². The van der Waals surface area contributed by atoms with Gasteiger partial charge in [-0.15, -0.1) is 0 Å². The Morgan fingerprint density at radius 3 is 2.88 bits per heavy atom. The van der Waals surface area contributed by atoms with Crippen LogP contribution in [0.15, 0.2) is 18.2 Å². The molecule has 0 spiro atoms. The molecule has 0 radical (unpaired) electrons. The van der Waals surface area contributed by atoms with E-state index in [9.17, 15) is 13.6 Å². The number of esters is 1. The average Bonchev–Trinajstić information content (AvgIpc) is 2.82. The lowest BCUT2D eigenvalue weighted by Gasteiger charge is -2.13. The molecule has 0 N–H and O–H groups in total. The van der Waals surface area contributed by atoms with Crippen LogP contribution >= 0.6 is 11.6 Å². The fourth-order valence-corrected chi connectivity index (χ4v) is 3.14. The van der Waals surface area contributed by atoms with Crippen molar-refractivity contribution in [1.29, 1.82) is 0 Å². The number of halogens is 3. The fraction of sp³-hybridized carbons (Fsp3) is 0.412. The van der Waals surface area contributed by atoms with E-state index in [2.05, 4.69) is 9.72 Å². The number of rotatable bonds is 4. The van der Waals surface area contributed by atoms with Crippen molar-refractivity contribution in [3.63, 3.8) is 0 Å². The molecule has 140 valence electrons. The average molecular weight is 387 g/mol. The van der Waals surface area contributed by atoms with Gasteiger partial charge in [-0.3, -0.25) is 0 Å².